The summed E-state index contributed by atoms with van der Waals surface area (Å²) in [5.41, 5.74) is 0.346. The van der Waals surface area contributed by atoms with Gasteiger partial charge in [0.1, 0.15) is 17.3 Å². The highest BCUT2D eigenvalue weighted by molar-refractivity contribution is 5.52. The number of aliphatic hydroxyl groups excluding tert-OH is 1. The molecule has 0 radical (unpaired) electrons. The van der Waals surface area contributed by atoms with Gasteiger partial charge >= 0.3 is 0 Å². The molecule has 1 N–H and O–H groups in total. The Kier molecular flexibility index (Phi) is 4.40. The number of halogens is 2. The maximum atomic E-state index is 14.1. The summed E-state index contributed by atoms with van der Waals surface area (Å²) < 4.78 is 28.1. The molecule has 1 aliphatic carbocycles. The van der Waals surface area contributed by atoms with Crippen molar-refractivity contribution in [1.29, 1.82) is 0 Å². The first-order chi connectivity index (χ1) is 9.02. The third-order valence-corrected chi connectivity index (χ3v) is 3.48. The van der Waals surface area contributed by atoms with Crippen molar-refractivity contribution < 1.29 is 13.9 Å². The highest BCUT2D eigenvalue weighted by Crippen LogP contribution is 2.35. The summed E-state index contributed by atoms with van der Waals surface area (Å²) in [7, 11) is 0. The van der Waals surface area contributed by atoms with Crippen molar-refractivity contribution >= 4 is 5.69 Å². The second kappa shape index (κ2) is 5.87. The molecule has 2 rings (SSSR count). The van der Waals surface area contributed by atoms with Gasteiger partial charge in [0.2, 0.25) is 0 Å². The third kappa shape index (κ3) is 3.44. The Morgan fingerprint density at radius 3 is 2.26 bits per heavy atom. The van der Waals surface area contributed by atoms with E-state index >= 15 is 0 Å². The Morgan fingerprint density at radius 2 is 1.84 bits per heavy atom. The van der Waals surface area contributed by atoms with E-state index in [9.17, 15) is 8.78 Å². The van der Waals surface area contributed by atoms with Crippen LogP contribution >= 0.6 is 0 Å². The van der Waals surface area contributed by atoms with Crippen molar-refractivity contribution in [3.05, 3.63) is 29.3 Å². The van der Waals surface area contributed by atoms with Crippen LogP contribution in [-0.2, 0) is 6.61 Å². The molecule has 106 valence electrons. The van der Waals surface area contributed by atoms with E-state index in [0.29, 0.717) is 12.5 Å². The first-order valence-electron chi connectivity index (χ1n) is 6.88. The number of benzene rings is 1. The molecule has 2 nitrogen and oxygen atoms in total. The van der Waals surface area contributed by atoms with Gasteiger partial charge in [0.15, 0.2) is 0 Å². The maximum Gasteiger partial charge on any atom is 0.149 e. The Labute approximate surface area is 113 Å². The summed E-state index contributed by atoms with van der Waals surface area (Å²) in [6.45, 7) is 4.54. The van der Waals surface area contributed by atoms with E-state index in [0.717, 1.165) is 19.3 Å². The zero-order chi connectivity index (χ0) is 14.0. The van der Waals surface area contributed by atoms with E-state index in [1.165, 1.54) is 12.1 Å². The van der Waals surface area contributed by atoms with Gasteiger partial charge in [-0.1, -0.05) is 13.8 Å². The van der Waals surface area contributed by atoms with Crippen LogP contribution in [0.4, 0.5) is 14.5 Å². The topological polar surface area (TPSA) is 23.5 Å². The lowest BCUT2D eigenvalue weighted by Gasteiger charge is -2.26. The molecule has 1 fully saturated rings. The number of hydrogen-bond acceptors (Lipinski definition) is 2. The zero-order valence-corrected chi connectivity index (χ0v) is 11.5. The van der Waals surface area contributed by atoms with Crippen LogP contribution < -0.4 is 4.90 Å². The van der Waals surface area contributed by atoms with Gasteiger partial charge in [0.05, 0.1) is 6.61 Å². The normalized spacial score (nSPS) is 15.1. The van der Waals surface area contributed by atoms with Crippen LogP contribution in [-0.4, -0.2) is 17.7 Å². The lowest BCUT2D eigenvalue weighted by Crippen LogP contribution is -2.29. The van der Waals surface area contributed by atoms with Crippen LogP contribution in [0.3, 0.4) is 0 Å². The lowest BCUT2D eigenvalue weighted by atomic mass is 10.1. The summed E-state index contributed by atoms with van der Waals surface area (Å²) in [4.78, 5) is 1.85. The minimum absolute atomic E-state index is 0.0698. The van der Waals surface area contributed by atoms with Crippen LogP contribution in [0.2, 0.25) is 0 Å². The third-order valence-electron chi connectivity index (χ3n) is 3.48. The molecular formula is C15H21F2NO. The fraction of sp³-hybridized carbons (Fsp3) is 0.600. The van der Waals surface area contributed by atoms with Gasteiger partial charge in [-0.3, -0.25) is 0 Å². The average molecular weight is 269 g/mol. The number of anilines is 1. The second-order valence-electron chi connectivity index (χ2n) is 5.67. The minimum Gasteiger partial charge on any atom is -0.392 e. The molecule has 0 saturated heterocycles. The highest BCUT2D eigenvalue weighted by atomic mass is 19.1. The minimum atomic E-state index is -0.570. The van der Waals surface area contributed by atoms with Crippen LogP contribution in [0, 0.1) is 17.6 Å². The monoisotopic (exact) mass is 269 g/mol. The molecule has 1 aromatic rings. The van der Waals surface area contributed by atoms with E-state index in [1.807, 2.05) is 4.90 Å². The van der Waals surface area contributed by atoms with Crippen molar-refractivity contribution in [2.45, 2.75) is 45.8 Å². The Hall–Kier alpha value is -1.16. The molecule has 1 aliphatic rings. The van der Waals surface area contributed by atoms with E-state index < -0.39 is 11.6 Å². The molecule has 0 aliphatic heterocycles. The van der Waals surface area contributed by atoms with E-state index in [-0.39, 0.29) is 23.9 Å². The molecular weight excluding hydrogens is 248 g/mol. The van der Waals surface area contributed by atoms with Crippen LogP contribution in [0.15, 0.2) is 12.1 Å². The quantitative estimate of drug-likeness (QED) is 0.854. The van der Waals surface area contributed by atoms with Crippen LogP contribution in [0.1, 0.15) is 38.7 Å². The molecule has 1 aromatic carbocycles. The van der Waals surface area contributed by atoms with Crippen molar-refractivity contribution in [3.8, 4) is 0 Å². The summed E-state index contributed by atoms with van der Waals surface area (Å²) >= 11 is 0. The van der Waals surface area contributed by atoms with Crippen molar-refractivity contribution in [1.82, 2.24) is 0 Å². The number of aliphatic hydroxyl groups is 1. The molecule has 0 amide bonds. The smallest absolute Gasteiger partial charge is 0.149 e. The van der Waals surface area contributed by atoms with E-state index in [4.69, 9.17) is 5.11 Å². The highest BCUT2D eigenvalue weighted by Gasteiger charge is 2.32. The largest absolute Gasteiger partial charge is 0.392 e. The SMILES string of the molecule is CC(C)CCN(c1c(F)cc(CO)cc1F)C1CC1. The molecule has 0 unspecified atom stereocenters. The van der Waals surface area contributed by atoms with Gasteiger partial charge < -0.3 is 10.0 Å². The van der Waals surface area contributed by atoms with Gasteiger partial charge in [-0.05, 0) is 42.9 Å². The van der Waals surface area contributed by atoms with E-state index in [1.54, 1.807) is 0 Å². The van der Waals surface area contributed by atoms with Gasteiger partial charge in [0, 0.05) is 12.6 Å². The summed E-state index contributed by atoms with van der Waals surface area (Å²) in [5.74, 6) is -0.636. The standard InChI is InChI=1S/C15H21F2NO/c1-10(2)5-6-18(12-3-4-12)15-13(16)7-11(9-19)8-14(15)17/h7-8,10,12,19H,3-6,9H2,1-2H3. The van der Waals surface area contributed by atoms with Crippen LogP contribution in [0.5, 0.6) is 0 Å². The molecule has 0 heterocycles. The molecule has 1 saturated carbocycles. The van der Waals surface area contributed by atoms with Crippen molar-refractivity contribution in [2.75, 3.05) is 11.4 Å². The molecule has 0 atom stereocenters. The van der Waals surface area contributed by atoms with Gasteiger partial charge in [0.25, 0.3) is 0 Å². The molecule has 4 heteroatoms. The first kappa shape index (κ1) is 14.3. The summed E-state index contributed by atoms with van der Waals surface area (Å²) in [6, 6.07) is 2.72. The Balaban J connectivity index is 2.25. The zero-order valence-electron chi connectivity index (χ0n) is 11.5. The van der Waals surface area contributed by atoms with Crippen molar-refractivity contribution in [2.24, 2.45) is 5.92 Å². The van der Waals surface area contributed by atoms with Crippen molar-refractivity contribution in [3.63, 3.8) is 0 Å². The van der Waals surface area contributed by atoms with Gasteiger partial charge in [-0.15, -0.1) is 0 Å². The predicted octanol–water partition coefficient (Wildman–Crippen LogP) is 3.47. The fourth-order valence-corrected chi connectivity index (χ4v) is 2.24. The Morgan fingerprint density at radius 1 is 1.26 bits per heavy atom. The molecule has 0 aromatic heterocycles. The maximum absolute atomic E-state index is 14.1. The molecule has 0 bridgehead atoms. The first-order valence-corrected chi connectivity index (χ1v) is 6.88. The summed E-state index contributed by atoms with van der Waals surface area (Å²) in [6.07, 6.45) is 2.91. The number of rotatable bonds is 6. The van der Waals surface area contributed by atoms with Crippen LogP contribution in [0.25, 0.3) is 0 Å². The fourth-order valence-electron chi connectivity index (χ4n) is 2.24. The van der Waals surface area contributed by atoms with Gasteiger partial charge in [-0.2, -0.15) is 0 Å². The second-order valence-corrected chi connectivity index (χ2v) is 5.67. The molecule has 19 heavy (non-hydrogen) atoms. The van der Waals surface area contributed by atoms with Gasteiger partial charge in [-0.25, -0.2) is 8.78 Å². The lowest BCUT2D eigenvalue weighted by molar-refractivity contribution is 0.280. The Bertz CT molecular complexity index is 421. The summed E-state index contributed by atoms with van der Waals surface area (Å²) in [5, 5.41) is 8.97. The number of nitrogens with zero attached hydrogens (tertiary/aromatic N) is 1. The number of hydrogen-bond donors (Lipinski definition) is 1. The average Bonchev–Trinajstić information content (AvgIpc) is 3.15. The predicted molar refractivity (Wildman–Crippen MR) is 72.1 cm³/mol. The van der Waals surface area contributed by atoms with E-state index in [2.05, 4.69) is 13.8 Å². The molecule has 0 spiro atoms.